The number of carbonyl (C=O) groups excluding carboxylic acids is 2. The molecule has 1 aliphatic heterocycles. The van der Waals surface area contributed by atoms with Gasteiger partial charge in [-0.15, -0.1) is 0 Å². The Morgan fingerprint density at radius 1 is 1.26 bits per heavy atom. The van der Waals surface area contributed by atoms with Gasteiger partial charge in [-0.25, -0.2) is 8.42 Å². The minimum Gasteiger partial charge on any atom is -0.497 e. The number of benzene rings is 1. The molecule has 1 amide bonds. The number of hydrogen-bond acceptors (Lipinski definition) is 5. The Hall–Kier alpha value is -1.89. The van der Waals surface area contributed by atoms with Crippen LogP contribution in [0.2, 0.25) is 0 Å². The fourth-order valence-electron chi connectivity index (χ4n) is 3.85. The van der Waals surface area contributed by atoms with Crippen LogP contribution in [0.5, 0.6) is 5.75 Å². The Labute approximate surface area is 135 Å². The first kappa shape index (κ1) is 16.0. The Morgan fingerprint density at radius 2 is 1.91 bits per heavy atom. The Kier molecular flexibility index (Phi) is 3.91. The molecule has 2 aliphatic rings. The summed E-state index contributed by atoms with van der Waals surface area (Å²) in [5.41, 5.74) is 0.818. The summed E-state index contributed by atoms with van der Waals surface area (Å²) in [7, 11) is -1.87. The molecule has 1 aromatic carbocycles. The standard InChI is InChI=1S/C16H19NO5S/c1-9(18)17-13-8-23(20,21)16-12(7-14(19)15(13)16)10-3-5-11(22-2)6-4-10/h3-6,12-13,15-16H,7-8H2,1-2H3,(H,17,18)/t12-,13+,15+,16-/m1/s1. The molecule has 0 spiro atoms. The lowest BCUT2D eigenvalue weighted by molar-refractivity contribution is -0.122. The van der Waals surface area contributed by atoms with E-state index < -0.39 is 27.0 Å². The number of hydrogen-bond donors (Lipinski definition) is 1. The summed E-state index contributed by atoms with van der Waals surface area (Å²) in [6, 6.07) is 6.53. The molecule has 1 N–H and O–H groups in total. The van der Waals surface area contributed by atoms with Crippen molar-refractivity contribution in [2.24, 2.45) is 5.92 Å². The van der Waals surface area contributed by atoms with E-state index in [1.54, 1.807) is 31.4 Å². The van der Waals surface area contributed by atoms with Crippen molar-refractivity contribution in [3.8, 4) is 5.75 Å². The van der Waals surface area contributed by atoms with Gasteiger partial charge in [0.1, 0.15) is 11.5 Å². The molecule has 1 heterocycles. The van der Waals surface area contributed by atoms with E-state index >= 15 is 0 Å². The largest absolute Gasteiger partial charge is 0.497 e. The molecule has 1 aromatic rings. The van der Waals surface area contributed by atoms with E-state index in [0.29, 0.717) is 5.75 Å². The molecule has 6 nitrogen and oxygen atoms in total. The van der Waals surface area contributed by atoms with Crippen molar-refractivity contribution in [1.29, 1.82) is 0 Å². The lowest BCUT2D eigenvalue weighted by Crippen LogP contribution is -2.41. The van der Waals surface area contributed by atoms with Crippen molar-refractivity contribution < 1.29 is 22.7 Å². The van der Waals surface area contributed by atoms with Crippen molar-refractivity contribution in [1.82, 2.24) is 5.32 Å². The zero-order valence-corrected chi connectivity index (χ0v) is 13.8. The summed E-state index contributed by atoms with van der Waals surface area (Å²) in [4.78, 5) is 23.7. The van der Waals surface area contributed by atoms with Gasteiger partial charge < -0.3 is 10.1 Å². The first-order valence-electron chi connectivity index (χ1n) is 7.49. The zero-order valence-electron chi connectivity index (χ0n) is 13.0. The van der Waals surface area contributed by atoms with Gasteiger partial charge in [0.25, 0.3) is 0 Å². The number of sulfone groups is 1. The van der Waals surface area contributed by atoms with Gasteiger partial charge in [-0.05, 0) is 17.7 Å². The summed E-state index contributed by atoms with van der Waals surface area (Å²) in [6.07, 6.45) is 0.191. The van der Waals surface area contributed by atoms with Gasteiger partial charge in [-0.1, -0.05) is 12.1 Å². The highest BCUT2D eigenvalue weighted by Crippen LogP contribution is 2.46. The van der Waals surface area contributed by atoms with E-state index in [-0.39, 0.29) is 29.8 Å². The van der Waals surface area contributed by atoms with Crippen LogP contribution in [0.4, 0.5) is 0 Å². The first-order chi connectivity index (χ1) is 10.8. The van der Waals surface area contributed by atoms with Crippen LogP contribution < -0.4 is 10.1 Å². The van der Waals surface area contributed by atoms with Crippen LogP contribution in [0.25, 0.3) is 0 Å². The van der Waals surface area contributed by atoms with Gasteiger partial charge in [0.05, 0.1) is 30.1 Å². The van der Waals surface area contributed by atoms with Gasteiger partial charge in [0, 0.05) is 19.3 Å². The highest BCUT2D eigenvalue weighted by Gasteiger charge is 2.58. The minimum atomic E-state index is -3.43. The minimum absolute atomic E-state index is 0.0874. The van der Waals surface area contributed by atoms with Crippen molar-refractivity contribution in [2.75, 3.05) is 12.9 Å². The number of ketones is 1. The van der Waals surface area contributed by atoms with Crippen molar-refractivity contribution in [3.05, 3.63) is 29.8 Å². The monoisotopic (exact) mass is 337 g/mol. The van der Waals surface area contributed by atoms with Crippen molar-refractivity contribution in [2.45, 2.75) is 30.6 Å². The second kappa shape index (κ2) is 5.63. The second-order valence-electron chi connectivity index (χ2n) is 6.18. The number of fused-ring (bicyclic) bond motifs is 1. The lowest BCUT2D eigenvalue weighted by atomic mass is 9.93. The van der Waals surface area contributed by atoms with Gasteiger partial charge in [-0.3, -0.25) is 9.59 Å². The number of nitrogens with one attached hydrogen (secondary N) is 1. The third-order valence-electron chi connectivity index (χ3n) is 4.74. The number of ether oxygens (including phenoxy) is 1. The van der Waals surface area contributed by atoms with E-state index in [1.165, 1.54) is 6.92 Å². The number of carbonyl (C=O) groups is 2. The fraction of sp³-hybridized carbons (Fsp3) is 0.500. The molecular formula is C16H19NO5S. The van der Waals surface area contributed by atoms with Gasteiger partial charge in [0.15, 0.2) is 9.84 Å². The van der Waals surface area contributed by atoms with Gasteiger partial charge in [0.2, 0.25) is 5.91 Å². The topological polar surface area (TPSA) is 89.5 Å². The van der Waals surface area contributed by atoms with Crippen LogP contribution in [0.1, 0.15) is 24.8 Å². The highest BCUT2D eigenvalue weighted by atomic mass is 32.2. The van der Waals surface area contributed by atoms with Crippen LogP contribution in [0, 0.1) is 5.92 Å². The molecule has 23 heavy (non-hydrogen) atoms. The number of amides is 1. The molecule has 2 fully saturated rings. The van der Waals surface area contributed by atoms with Crippen LogP contribution >= 0.6 is 0 Å². The maximum absolute atomic E-state index is 12.6. The Bertz CT molecular complexity index is 740. The van der Waals surface area contributed by atoms with E-state index in [9.17, 15) is 18.0 Å². The molecule has 1 saturated heterocycles. The molecular weight excluding hydrogens is 318 g/mol. The van der Waals surface area contributed by atoms with E-state index in [0.717, 1.165) is 5.56 Å². The van der Waals surface area contributed by atoms with Crippen LogP contribution in [-0.2, 0) is 19.4 Å². The molecule has 0 bridgehead atoms. The zero-order chi connectivity index (χ0) is 16.8. The molecule has 4 atom stereocenters. The molecule has 0 radical (unpaired) electrons. The van der Waals surface area contributed by atoms with E-state index in [1.807, 2.05) is 0 Å². The molecule has 1 saturated carbocycles. The normalized spacial score (nSPS) is 31.7. The molecule has 7 heteroatoms. The van der Waals surface area contributed by atoms with E-state index in [2.05, 4.69) is 5.32 Å². The highest BCUT2D eigenvalue weighted by molar-refractivity contribution is 7.92. The Morgan fingerprint density at radius 3 is 2.48 bits per heavy atom. The third kappa shape index (κ3) is 2.73. The van der Waals surface area contributed by atoms with Crippen molar-refractivity contribution >= 4 is 21.5 Å². The van der Waals surface area contributed by atoms with Crippen LogP contribution in [0.3, 0.4) is 0 Å². The average molecular weight is 337 g/mol. The summed E-state index contributed by atoms with van der Waals surface area (Å²) in [5.74, 6) is -0.888. The summed E-state index contributed by atoms with van der Waals surface area (Å²) in [6.45, 7) is 1.33. The molecule has 0 unspecified atom stereocenters. The van der Waals surface area contributed by atoms with Gasteiger partial charge >= 0.3 is 0 Å². The number of methoxy groups -OCH3 is 1. The third-order valence-corrected chi connectivity index (χ3v) is 7.01. The van der Waals surface area contributed by atoms with Crippen molar-refractivity contribution in [3.63, 3.8) is 0 Å². The predicted molar refractivity (Wildman–Crippen MR) is 84.0 cm³/mol. The summed E-state index contributed by atoms with van der Waals surface area (Å²) < 4.78 is 30.2. The summed E-state index contributed by atoms with van der Waals surface area (Å²) >= 11 is 0. The maximum atomic E-state index is 12.6. The number of Topliss-reactive ketones (excluding diaryl/α,β-unsaturated/α-hetero) is 1. The predicted octanol–water partition coefficient (Wildman–Crippen LogP) is 0.669. The van der Waals surface area contributed by atoms with Crippen LogP contribution in [-0.4, -0.2) is 44.3 Å². The molecule has 3 rings (SSSR count). The van der Waals surface area contributed by atoms with Crippen LogP contribution in [0.15, 0.2) is 24.3 Å². The number of rotatable bonds is 3. The molecule has 124 valence electrons. The average Bonchev–Trinajstić information content (AvgIpc) is 2.96. The first-order valence-corrected chi connectivity index (χ1v) is 9.20. The Balaban J connectivity index is 1.95. The second-order valence-corrected chi connectivity index (χ2v) is 8.38. The van der Waals surface area contributed by atoms with Gasteiger partial charge in [-0.2, -0.15) is 0 Å². The molecule has 1 aliphatic carbocycles. The fourth-order valence-corrected chi connectivity index (χ4v) is 6.40. The SMILES string of the molecule is COc1ccc([C@H]2CC(=O)[C@H]3[C@@H]2S(=O)(=O)C[C@@H]3NC(C)=O)cc1. The molecule has 0 aromatic heterocycles. The lowest BCUT2D eigenvalue weighted by Gasteiger charge is -2.18. The van der Waals surface area contributed by atoms with E-state index in [4.69, 9.17) is 4.74 Å². The summed E-state index contributed by atoms with van der Waals surface area (Å²) in [5, 5.41) is 1.88. The smallest absolute Gasteiger partial charge is 0.217 e. The maximum Gasteiger partial charge on any atom is 0.217 e. The quantitative estimate of drug-likeness (QED) is 0.875.